The van der Waals surface area contributed by atoms with Crippen molar-refractivity contribution >= 4 is 15.8 Å². The van der Waals surface area contributed by atoms with Crippen molar-refractivity contribution < 1.29 is 8.42 Å². The highest BCUT2D eigenvalue weighted by atomic mass is 32.2. The van der Waals surface area contributed by atoms with Crippen LogP contribution in [-0.2, 0) is 10.0 Å². The first-order valence-electron chi connectivity index (χ1n) is 4.65. The van der Waals surface area contributed by atoms with Crippen molar-refractivity contribution in [3.63, 3.8) is 0 Å². The van der Waals surface area contributed by atoms with Crippen LogP contribution in [0.5, 0.6) is 0 Å². The normalized spacial score (nSPS) is 14.4. The summed E-state index contributed by atoms with van der Waals surface area (Å²) < 4.78 is 26.1. The van der Waals surface area contributed by atoms with Gasteiger partial charge in [-0.3, -0.25) is 5.10 Å². The lowest BCUT2D eigenvalue weighted by Crippen LogP contribution is -2.36. The first-order chi connectivity index (χ1) is 6.84. The van der Waals surface area contributed by atoms with Crippen LogP contribution in [0.3, 0.4) is 0 Å². The van der Waals surface area contributed by atoms with Gasteiger partial charge in [-0.1, -0.05) is 13.8 Å². The number of nitrogens with two attached hydrogens (primary N) is 1. The molecule has 7 heteroatoms. The van der Waals surface area contributed by atoms with Crippen molar-refractivity contribution in [1.82, 2.24) is 14.9 Å². The molecule has 0 aromatic carbocycles. The average Bonchev–Trinajstić information content (AvgIpc) is 2.50. The molecule has 1 aromatic heterocycles. The summed E-state index contributed by atoms with van der Waals surface area (Å²) in [5.74, 6) is 0.270. The number of aromatic amines is 1. The lowest BCUT2D eigenvalue weighted by atomic mass is 10.1. The summed E-state index contributed by atoms with van der Waals surface area (Å²) >= 11 is 0. The smallest absolute Gasteiger partial charge is 0.246 e. The highest BCUT2D eigenvalue weighted by Crippen LogP contribution is 2.15. The van der Waals surface area contributed by atoms with Crippen molar-refractivity contribution in [2.75, 3.05) is 5.73 Å². The number of H-pyrrole nitrogens is 1. The van der Waals surface area contributed by atoms with E-state index < -0.39 is 10.0 Å². The SMILES string of the molecule is CC(C)C(C)NS(=O)(=O)c1cn[nH]c1N. The van der Waals surface area contributed by atoms with Crippen molar-refractivity contribution in [1.29, 1.82) is 0 Å². The number of aromatic nitrogens is 2. The molecule has 0 spiro atoms. The summed E-state index contributed by atoms with van der Waals surface area (Å²) in [6.45, 7) is 5.68. The number of nitrogen functional groups attached to an aromatic ring is 1. The van der Waals surface area contributed by atoms with Crippen LogP contribution in [0.4, 0.5) is 5.82 Å². The molecule has 1 heterocycles. The summed E-state index contributed by atoms with van der Waals surface area (Å²) in [5.41, 5.74) is 5.44. The second-order valence-electron chi connectivity index (χ2n) is 3.80. The van der Waals surface area contributed by atoms with E-state index >= 15 is 0 Å². The van der Waals surface area contributed by atoms with Gasteiger partial charge >= 0.3 is 0 Å². The highest BCUT2D eigenvalue weighted by molar-refractivity contribution is 7.89. The maximum absolute atomic E-state index is 11.8. The minimum absolute atomic E-state index is 0.00463. The van der Waals surface area contributed by atoms with Crippen LogP contribution in [0.15, 0.2) is 11.1 Å². The van der Waals surface area contributed by atoms with Crippen LogP contribution in [0.25, 0.3) is 0 Å². The topological polar surface area (TPSA) is 101 Å². The first-order valence-corrected chi connectivity index (χ1v) is 6.14. The van der Waals surface area contributed by atoms with Crippen LogP contribution in [0.1, 0.15) is 20.8 Å². The van der Waals surface area contributed by atoms with Crippen molar-refractivity contribution in [3.8, 4) is 0 Å². The molecule has 1 atom stereocenters. The van der Waals surface area contributed by atoms with Crippen LogP contribution in [0, 0.1) is 5.92 Å². The van der Waals surface area contributed by atoms with E-state index in [0.29, 0.717) is 0 Å². The van der Waals surface area contributed by atoms with Gasteiger partial charge < -0.3 is 5.73 Å². The molecule has 6 nitrogen and oxygen atoms in total. The number of hydrogen-bond acceptors (Lipinski definition) is 4. The minimum atomic E-state index is -3.56. The Labute approximate surface area is 89.3 Å². The fraction of sp³-hybridized carbons (Fsp3) is 0.625. The van der Waals surface area contributed by atoms with Gasteiger partial charge in [-0.05, 0) is 12.8 Å². The molecular formula is C8H16N4O2S. The van der Waals surface area contributed by atoms with E-state index in [1.54, 1.807) is 6.92 Å². The third-order valence-corrected chi connectivity index (χ3v) is 3.85. The van der Waals surface area contributed by atoms with Gasteiger partial charge in [0, 0.05) is 6.04 Å². The van der Waals surface area contributed by atoms with E-state index in [9.17, 15) is 8.42 Å². The van der Waals surface area contributed by atoms with E-state index in [2.05, 4.69) is 14.9 Å². The van der Waals surface area contributed by atoms with Gasteiger partial charge in [0.1, 0.15) is 10.7 Å². The number of anilines is 1. The number of nitrogens with one attached hydrogen (secondary N) is 2. The van der Waals surface area contributed by atoms with Crippen LogP contribution >= 0.6 is 0 Å². The molecule has 4 N–H and O–H groups in total. The Hall–Kier alpha value is -1.08. The molecule has 0 saturated heterocycles. The quantitative estimate of drug-likeness (QED) is 0.695. The summed E-state index contributed by atoms with van der Waals surface area (Å²) in [6.07, 6.45) is 1.20. The second kappa shape index (κ2) is 4.19. The fourth-order valence-corrected chi connectivity index (χ4v) is 2.36. The van der Waals surface area contributed by atoms with Gasteiger partial charge in [0.15, 0.2) is 0 Å². The van der Waals surface area contributed by atoms with E-state index in [4.69, 9.17) is 5.73 Å². The van der Waals surface area contributed by atoms with Crippen LogP contribution in [0.2, 0.25) is 0 Å². The number of nitrogens with zero attached hydrogens (tertiary/aromatic N) is 1. The molecule has 0 fully saturated rings. The lowest BCUT2D eigenvalue weighted by molar-refractivity contribution is 0.476. The molecule has 15 heavy (non-hydrogen) atoms. The first kappa shape index (κ1) is 12.0. The monoisotopic (exact) mass is 232 g/mol. The number of hydrogen-bond donors (Lipinski definition) is 3. The van der Waals surface area contributed by atoms with E-state index in [1.165, 1.54) is 6.20 Å². The summed E-state index contributed by atoms with van der Waals surface area (Å²) in [7, 11) is -3.56. The van der Waals surface area contributed by atoms with Gasteiger partial charge in [-0.2, -0.15) is 5.10 Å². The Kier molecular flexibility index (Phi) is 3.35. The lowest BCUT2D eigenvalue weighted by Gasteiger charge is -2.16. The van der Waals surface area contributed by atoms with Gasteiger partial charge in [0.05, 0.1) is 6.20 Å². The van der Waals surface area contributed by atoms with Gasteiger partial charge in [0.2, 0.25) is 10.0 Å². The molecule has 1 unspecified atom stereocenters. The Balaban J connectivity index is 2.91. The molecule has 0 aliphatic heterocycles. The number of sulfonamides is 1. The predicted molar refractivity (Wildman–Crippen MR) is 57.6 cm³/mol. The Bertz CT molecular complexity index is 424. The molecule has 86 valence electrons. The van der Waals surface area contributed by atoms with Crippen LogP contribution < -0.4 is 10.5 Å². The molecule has 0 aliphatic rings. The Morgan fingerprint density at radius 1 is 1.47 bits per heavy atom. The number of rotatable bonds is 4. The Morgan fingerprint density at radius 3 is 2.47 bits per heavy atom. The second-order valence-corrected chi connectivity index (χ2v) is 5.48. The maximum Gasteiger partial charge on any atom is 0.246 e. The Morgan fingerprint density at radius 2 is 2.07 bits per heavy atom. The average molecular weight is 232 g/mol. The van der Waals surface area contributed by atoms with Crippen LogP contribution in [-0.4, -0.2) is 24.7 Å². The third-order valence-electron chi connectivity index (χ3n) is 2.26. The summed E-state index contributed by atoms with van der Waals surface area (Å²) in [4.78, 5) is -0.00463. The van der Waals surface area contributed by atoms with Crippen molar-refractivity contribution in [3.05, 3.63) is 6.20 Å². The molecule has 1 aromatic rings. The molecule has 0 bridgehead atoms. The van der Waals surface area contributed by atoms with Crippen molar-refractivity contribution in [2.45, 2.75) is 31.7 Å². The summed E-state index contributed by atoms with van der Waals surface area (Å²) in [5, 5.41) is 5.96. The van der Waals surface area contributed by atoms with E-state index in [1.807, 2.05) is 13.8 Å². The maximum atomic E-state index is 11.8. The zero-order chi connectivity index (χ0) is 11.6. The van der Waals surface area contributed by atoms with E-state index in [0.717, 1.165) is 0 Å². The fourth-order valence-electron chi connectivity index (χ4n) is 0.944. The standard InChI is InChI=1S/C8H16N4O2S/c1-5(2)6(3)12-15(13,14)7-4-10-11-8(7)9/h4-6,12H,1-3H3,(H3,9,10,11). The highest BCUT2D eigenvalue weighted by Gasteiger charge is 2.22. The molecule has 0 amide bonds. The molecule has 0 saturated carbocycles. The molecule has 1 rings (SSSR count). The third kappa shape index (κ3) is 2.69. The molecule has 0 aliphatic carbocycles. The van der Waals surface area contributed by atoms with Crippen molar-refractivity contribution in [2.24, 2.45) is 5.92 Å². The molecular weight excluding hydrogens is 216 g/mol. The largest absolute Gasteiger partial charge is 0.383 e. The molecule has 0 radical (unpaired) electrons. The summed E-state index contributed by atoms with van der Waals surface area (Å²) in [6, 6.07) is -0.149. The van der Waals surface area contributed by atoms with E-state index in [-0.39, 0.29) is 22.7 Å². The van der Waals surface area contributed by atoms with Gasteiger partial charge in [-0.25, -0.2) is 13.1 Å². The van der Waals surface area contributed by atoms with Gasteiger partial charge in [0.25, 0.3) is 0 Å². The zero-order valence-electron chi connectivity index (χ0n) is 8.98. The zero-order valence-corrected chi connectivity index (χ0v) is 9.80. The van der Waals surface area contributed by atoms with Gasteiger partial charge in [-0.15, -0.1) is 0 Å². The predicted octanol–water partition coefficient (Wildman–Crippen LogP) is 0.315. The minimum Gasteiger partial charge on any atom is -0.383 e.